The monoisotopic (exact) mass is 593 g/mol. The number of carbonyl (C=O) groups is 4. The lowest BCUT2D eigenvalue weighted by Gasteiger charge is -2.23. The molecule has 2 aliphatic rings. The number of esters is 1. The molecular weight excluding hydrogens is 554 g/mol. The van der Waals surface area contributed by atoms with Crippen molar-refractivity contribution in [3.8, 4) is 0 Å². The lowest BCUT2D eigenvalue weighted by molar-refractivity contribution is -0.148. The first kappa shape index (κ1) is 31.5. The number of hydrogen-bond acceptors (Lipinski definition) is 9. The fraction of sp³-hybridized carbons (Fsp3) is 0.500. The number of aryl methyl sites for hydroxylation is 1. The summed E-state index contributed by atoms with van der Waals surface area (Å²) in [7, 11) is 0. The van der Waals surface area contributed by atoms with E-state index in [4.69, 9.17) is 9.47 Å². The minimum atomic E-state index is -0.598. The minimum absolute atomic E-state index is 0.0193. The molecule has 2 N–H and O–H groups in total. The molecule has 4 rings (SSSR count). The number of nitrogens with one attached hydrogen (secondary N) is 2. The number of allylic oxidation sites excluding steroid dienone is 1. The summed E-state index contributed by atoms with van der Waals surface area (Å²) < 4.78 is 12.1. The van der Waals surface area contributed by atoms with Crippen LogP contribution >= 0.6 is 0 Å². The number of ether oxygens (including phenoxy) is 2. The van der Waals surface area contributed by atoms with E-state index in [0.717, 1.165) is 24.1 Å². The first-order valence-electron chi connectivity index (χ1n) is 14.7. The molecule has 2 bridgehead atoms. The van der Waals surface area contributed by atoms with Crippen molar-refractivity contribution in [2.24, 2.45) is 4.99 Å². The number of amides is 3. The zero-order valence-corrected chi connectivity index (χ0v) is 24.9. The Kier molecular flexibility index (Phi) is 11.1. The highest BCUT2D eigenvalue weighted by Crippen LogP contribution is 2.25. The third kappa shape index (κ3) is 8.57. The molecule has 2 aliphatic heterocycles. The van der Waals surface area contributed by atoms with Gasteiger partial charge in [-0.15, -0.1) is 0 Å². The molecule has 2 aromatic heterocycles. The number of aromatic nitrogens is 3. The first-order valence-corrected chi connectivity index (χ1v) is 14.7. The molecule has 0 unspecified atom stereocenters. The van der Waals surface area contributed by atoms with Crippen molar-refractivity contribution in [2.75, 3.05) is 44.8 Å². The zero-order chi connectivity index (χ0) is 30.8. The molecule has 13 nitrogen and oxygen atoms in total. The quantitative estimate of drug-likeness (QED) is 0.311. The van der Waals surface area contributed by atoms with Crippen LogP contribution in [0, 0.1) is 0 Å². The number of carbonyl (C=O) groups excluding carboxylic acids is 4. The summed E-state index contributed by atoms with van der Waals surface area (Å²) in [5.74, 6) is -1.96. The molecule has 43 heavy (non-hydrogen) atoms. The molecule has 3 amide bonds. The Labute approximate surface area is 250 Å². The van der Waals surface area contributed by atoms with Crippen LogP contribution in [0.4, 0.5) is 5.69 Å². The van der Waals surface area contributed by atoms with E-state index >= 15 is 0 Å². The van der Waals surface area contributed by atoms with Gasteiger partial charge in [-0.05, 0) is 64.2 Å². The number of nitrogens with zero attached hydrogens (tertiary/aromatic N) is 5. The van der Waals surface area contributed by atoms with Crippen molar-refractivity contribution in [1.29, 1.82) is 0 Å². The molecule has 13 heteroatoms. The van der Waals surface area contributed by atoms with Gasteiger partial charge in [0.15, 0.2) is 5.69 Å². The van der Waals surface area contributed by atoms with Crippen LogP contribution in [0.5, 0.6) is 0 Å². The van der Waals surface area contributed by atoms with Crippen LogP contribution in [-0.2, 0) is 30.3 Å². The van der Waals surface area contributed by atoms with Gasteiger partial charge in [-0.1, -0.05) is 6.08 Å². The van der Waals surface area contributed by atoms with Crippen LogP contribution in [0.2, 0.25) is 0 Å². The Balaban J connectivity index is 1.65. The fourth-order valence-electron chi connectivity index (χ4n) is 4.95. The number of fused-ring (bicyclic) bond motifs is 3. The van der Waals surface area contributed by atoms with E-state index in [-0.39, 0.29) is 55.1 Å². The fourth-order valence-corrected chi connectivity index (χ4v) is 4.95. The number of rotatable bonds is 4. The summed E-state index contributed by atoms with van der Waals surface area (Å²) in [4.78, 5) is 62.3. The Morgan fingerprint density at radius 3 is 2.72 bits per heavy atom. The first-order chi connectivity index (χ1) is 20.8. The molecular formula is C30H39N7O6. The van der Waals surface area contributed by atoms with Crippen LogP contribution in [-0.4, -0.2) is 88.5 Å². The normalized spacial score (nSPS) is 19.7. The maximum atomic E-state index is 13.4. The zero-order valence-electron chi connectivity index (χ0n) is 24.9. The third-order valence-electron chi connectivity index (χ3n) is 7.27. The summed E-state index contributed by atoms with van der Waals surface area (Å²) in [6.07, 6.45) is 7.19. The van der Waals surface area contributed by atoms with Gasteiger partial charge in [-0.3, -0.25) is 28.8 Å². The van der Waals surface area contributed by atoms with Crippen molar-refractivity contribution in [3.05, 3.63) is 53.3 Å². The standard InChI is InChI=1S/C30H39N7O6/c1-4-24-29(40)34-25-19-37(23-9-15-42-16-10-23)35-28(25)30(41)32-12-14-36(26(38)18-27(39)43-5-2)13-6-7-22-17-21(8-11-31-22)20(3)33-24/h4,8,11,17,19,23H,5-7,9-10,12-16,18H2,1-3H3,(H,32,41)(H,34,40)/b24-4-,33-20+. The maximum Gasteiger partial charge on any atom is 0.315 e. The van der Waals surface area contributed by atoms with Crippen molar-refractivity contribution in [2.45, 2.75) is 58.9 Å². The lowest BCUT2D eigenvalue weighted by Crippen LogP contribution is -2.40. The molecule has 4 heterocycles. The van der Waals surface area contributed by atoms with E-state index in [9.17, 15) is 19.2 Å². The van der Waals surface area contributed by atoms with Crippen molar-refractivity contribution >= 4 is 35.1 Å². The second-order valence-corrected chi connectivity index (χ2v) is 10.3. The largest absolute Gasteiger partial charge is 0.466 e. The molecule has 0 saturated carbocycles. The highest BCUT2D eigenvalue weighted by molar-refractivity contribution is 6.10. The van der Waals surface area contributed by atoms with E-state index in [1.165, 1.54) is 0 Å². The van der Waals surface area contributed by atoms with Gasteiger partial charge < -0.3 is 25.0 Å². The summed E-state index contributed by atoms with van der Waals surface area (Å²) >= 11 is 0. The van der Waals surface area contributed by atoms with Gasteiger partial charge in [0.25, 0.3) is 11.8 Å². The summed E-state index contributed by atoms with van der Waals surface area (Å²) in [6.45, 7) is 7.21. The van der Waals surface area contributed by atoms with E-state index in [0.29, 0.717) is 38.3 Å². The highest BCUT2D eigenvalue weighted by atomic mass is 16.5. The molecule has 0 spiro atoms. The minimum Gasteiger partial charge on any atom is -0.466 e. The molecule has 0 aliphatic carbocycles. The molecule has 2 aromatic rings. The van der Waals surface area contributed by atoms with Gasteiger partial charge in [-0.25, -0.2) is 4.99 Å². The van der Waals surface area contributed by atoms with E-state index in [1.54, 1.807) is 41.9 Å². The summed E-state index contributed by atoms with van der Waals surface area (Å²) in [6, 6.07) is 3.75. The van der Waals surface area contributed by atoms with Gasteiger partial charge >= 0.3 is 5.97 Å². The Morgan fingerprint density at radius 1 is 1.19 bits per heavy atom. The maximum absolute atomic E-state index is 13.4. The second kappa shape index (κ2) is 15.2. The van der Waals surface area contributed by atoms with Gasteiger partial charge in [-0.2, -0.15) is 5.10 Å². The third-order valence-corrected chi connectivity index (χ3v) is 7.27. The van der Waals surface area contributed by atoms with E-state index in [2.05, 4.69) is 25.7 Å². The Bertz CT molecular complexity index is 1390. The Morgan fingerprint density at radius 2 is 1.98 bits per heavy atom. The van der Waals surface area contributed by atoms with Crippen LogP contribution in [0.25, 0.3) is 0 Å². The predicted molar refractivity (Wildman–Crippen MR) is 159 cm³/mol. The van der Waals surface area contributed by atoms with Crippen LogP contribution in [0.3, 0.4) is 0 Å². The lowest BCUT2D eigenvalue weighted by atomic mass is 10.1. The Hall–Kier alpha value is -4.39. The molecule has 0 atom stereocenters. The van der Waals surface area contributed by atoms with E-state index in [1.807, 2.05) is 19.1 Å². The SMILES string of the molecule is C/C=C1\N=C(/C)c2ccnc(c2)CCCN(C(=O)CC(=O)OCC)CCNC(=O)c2nn(C3CCOCC3)cc2NC1=O. The van der Waals surface area contributed by atoms with E-state index < -0.39 is 17.8 Å². The topological polar surface area (TPSA) is 157 Å². The number of anilines is 1. The number of aliphatic imine (C=N–C) groups is 1. The number of pyridine rings is 1. The average molecular weight is 594 g/mol. The number of hydrogen-bond donors (Lipinski definition) is 2. The average Bonchev–Trinajstić information content (AvgIpc) is 3.42. The molecule has 1 saturated heterocycles. The molecule has 0 aromatic carbocycles. The summed E-state index contributed by atoms with van der Waals surface area (Å²) in [5, 5.41) is 10.2. The van der Waals surface area contributed by atoms with Crippen LogP contribution < -0.4 is 10.6 Å². The molecule has 0 radical (unpaired) electrons. The van der Waals surface area contributed by atoms with Crippen molar-refractivity contribution < 1.29 is 28.7 Å². The molecule has 230 valence electrons. The van der Waals surface area contributed by atoms with Crippen LogP contribution in [0.15, 0.2) is 41.3 Å². The highest BCUT2D eigenvalue weighted by Gasteiger charge is 2.25. The second-order valence-electron chi connectivity index (χ2n) is 10.3. The van der Waals surface area contributed by atoms with Gasteiger partial charge in [0.1, 0.15) is 12.1 Å². The predicted octanol–water partition coefficient (Wildman–Crippen LogP) is 2.44. The smallest absolute Gasteiger partial charge is 0.315 e. The molecule has 1 fully saturated rings. The van der Waals surface area contributed by atoms with Crippen molar-refractivity contribution in [3.63, 3.8) is 0 Å². The van der Waals surface area contributed by atoms with Crippen molar-refractivity contribution in [1.82, 2.24) is 25.0 Å². The van der Waals surface area contributed by atoms with Crippen LogP contribution in [0.1, 0.15) is 74.2 Å². The van der Waals surface area contributed by atoms with Gasteiger partial charge in [0.05, 0.1) is 18.3 Å². The summed E-state index contributed by atoms with van der Waals surface area (Å²) in [5.41, 5.74) is 2.73. The van der Waals surface area contributed by atoms with Gasteiger partial charge in [0.2, 0.25) is 5.91 Å². The van der Waals surface area contributed by atoms with Gasteiger partial charge in [0, 0.05) is 56.6 Å².